The van der Waals surface area contributed by atoms with Crippen LogP contribution in [0.4, 0.5) is 0 Å². The minimum atomic E-state index is -0.393. The third kappa shape index (κ3) is 4.68. The van der Waals surface area contributed by atoms with Crippen LogP contribution in [0.1, 0.15) is 5.56 Å². The second kappa shape index (κ2) is 7.96. The third-order valence-electron chi connectivity index (χ3n) is 3.28. The average molecular weight is 374 g/mol. The Kier molecular flexibility index (Phi) is 5.48. The Morgan fingerprint density at radius 1 is 1.16 bits per heavy atom. The Labute approximate surface area is 154 Å². The first kappa shape index (κ1) is 17.2. The number of carbonyl (C=O) groups excluding carboxylic acids is 1. The fourth-order valence-electron chi connectivity index (χ4n) is 2.09. The van der Waals surface area contributed by atoms with Gasteiger partial charge in [-0.05, 0) is 36.4 Å². The van der Waals surface area contributed by atoms with E-state index in [-0.39, 0.29) is 6.61 Å². The van der Waals surface area contributed by atoms with Crippen LogP contribution in [0.25, 0.3) is 10.9 Å². The molecule has 3 aromatic rings. The molecule has 5 nitrogen and oxygen atoms in total. The van der Waals surface area contributed by atoms with Gasteiger partial charge >= 0.3 is 0 Å². The van der Waals surface area contributed by atoms with Gasteiger partial charge in [-0.3, -0.25) is 4.79 Å². The number of ether oxygens (including phenoxy) is 1. The minimum Gasteiger partial charge on any atom is -0.484 e. The molecule has 25 heavy (non-hydrogen) atoms. The van der Waals surface area contributed by atoms with Crippen molar-refractivity contribution in [3.8, 4) is 5.75 Å². The maximum absolute atomic E-state index is 11.7. The standard InChI is InChI=1S/C18H13Cl2N3O2/c19-14-5-7-15(8-6-14)25-11-17(24)23-21-10-13-9-12-3-1-2-4-16(12)22-18(13)20/h1-10H,11H2,(H,23,24)/b21-10+. The maximum Gasteiger partial charge on any atom is 0.277 e. The fraction of sp³-hybridized carbons (Fsp3) is 0.0556. The van der Waals surface area contributed by atoms with Crippen LogP contribution in [-0.2, 0) is 4.79 Å². The summed E-state index contributed by atoms with van der Waals surface area (Å²) in [6, 6.07) is 16.2. The normalized spacial score (nSPS) is 11.0. The summed E-state index contributed by atoms with van der Waals surface area (Å²) in [5, 5.41) is 5.73. The summed E-state index contributed by atoms with van der Waals surface area (Å²) in [7, 11) is 0. The van der Waals surface area contributed by atoms with Crippen LogP contribution in [-0.4, -0.2) is 23.7 Å². The third-order valence-corrected chi connectivity index (χ3v) is 3.84. The van der Waals surface area contributed by atoms with Gasteiger partial charge in [0, 0.05) is 16.0 Å². The zero-order chi connectivity index (χ0) is 17.6. The molecule has 1 heterocycles. The van der Waals surface area contributed by atoms with Gasteiger partial charge in [0.05, 0.1) is 11.7 Å². The van der Waals surface area contributed by atoms with Crippen LogP contribution in [0.5, 0.6) is 5.75 Å². The molecule has 0 aliphatic heterocycles. The molecule has 0 radical (unpaired) electrons. The summed E-state index contributed by atoms with van der Waals surface area (Å²) in [5.41, 5.74) is 3.79. The van der Waals surface area contributed by atoms with Crippen LogP contribution in [0.15, 0.2) is 59.7 Å². The molecule has 0 spiro atoms. The van der Waals surface area contributed by atoms with E-state index in [0.29, 0.717) is 21.5 Å². The maximum atomic E-state index is 11.7. The molecule has 0 saturated carbocycles. The molecular weight excluding hydrogens is 361 g/mol. The number of benzene rings is 2. The number of hydrogen-bond acceptors (Lipinski definition) is 4. The molecule has 0 saturated heterocycles. The molecule has 2 aromatic carbocycles. The van der Waals surface area contributed by atoms with Crippen molar-refractivity contribution < 1.29 is 9.53 Å². The lowest BCUT2D eigenvalue weighted by molar-refractivity contribution is -0.123. The molecule has 7 heteroatoms. The summed E-state index contributed by atoms with van der Waals surface area (Å²) >= 11 is 11.9. The number of aromatic nitrogens is 1. The van der Waals surface area contributed by atoms with E-state index < -0.39 is 5.91 Å². The average Bonchev–Trinajstić information content (AvgIpc) is 2.61. The predicted molar refractivity (Wildman–Crippen MR) is 99.4 cm³/mol. The minimum absolute atomic E-state index is 0.164. The molecule has 0 atom stereocenters. The van der Waals surface area contributed by atoms with E-state index in [2.05, 4.69) is 15.5 Å². The summed E-state index contributed by atoms with van der Waals surface area (Å²) in [5.74, 6) is 0.154. The van der Waals surface area contributed by atoms with Crippen molar-refractivity contribution in [1.82, 2.24) is 10.4 Å². The number of hydrazone groups is 1. The van der Waals surface area contributed by atoms with Crippen molar-refractivity contribution in [2.45, 2.75) is 0 Å². The number of nitrogens with one attached hydrogen (secondary N) is 1. The van der Waals surface area contributed by atoms with E-state index >= 15 is 0 Å². The highest BCUT2D eigenvalue weighted by Gasteiger charge is 2.04. The Morgan fingerprint density at radius 3 is 2.72 bits per heavy atom. The van der Waals surface area contributed by atoms with E-state index in [4.69, 9.17) is 27.9 Å². The topological polar surface area (TPSA) is 63.6 Å². The Balaban J connectivity index is 1.58. The summed E-state index contributed by atoms with van der Waals surface area (Å²) in [6.07, 6.45) is 1.45. The SMILES string of the molecule is O=C(COc1ccc(Cl)cc1)N/N=C/c1cc2ccccc2nc1Cl. The highest BCUT2D eigenvalue weighted by atomic mass is 35.5. The summed E-state index contributed by atoms with van der Waals surface area (Å²) in [6.45, 7) is -0.164. The summed E-state index contributed by atoms with van der Waals surface area (Å²) in [4.78, 5) is 16.0. The van der Waals surface area contributed by atoms with Crippen LogP contribution < -0.4 is 10.2 Å². The Bertz CT molecular complexity index is 927. The molecule has 0 aliphatic carbocycles. The largest absolute Gasteiger partial charge is 0.484 e. The van der Waals surface area contributed by atoms with E-state index in [1.165, 1.54) is 6.21 Å². The number of hydrogen-bond donors (Lipinski definition) is 1. The van der Waals surface area contributed by atoms with Gasteiger partial charge in [0.2, 0.25) is 0 Å². The monoisotopic (exact) mass is 373 g/mol. The lowest BCUT2D eigenvalue weighted by Crippen LogP contribution is -2.24. The second-order valence-electron chi connectivity index (χ2n) is 5.10. The Morgan fingerprint density at radius 2 is 1.92 bits per heavy atom. The van der Waals surface area contributed by atoms with Gasteiger partial charge in [0.1, 0.15) is 10.9 Å². The van der Waals surface area contributed by atoms with E-state index in [0.717, 1.165) is 10.9 Å². The number of rotatable bonds is 5. The summed E-state index contributed by atoms with van der Waals surface area (Å²) < 4.78 is 5.32. The van der Waals surface area contributed by atoms with Crippen molar-refractivity contribution in [2.24, 2.45) is 5.10 Å². The number of para-hydroxylation sites is 1. The number of halogens is 2. The first-order valence-electron chi connectivity index (χ1n) is 7.37. The molecule has 0 aliphatic rings. The molecule has 0 bridgehead atoms. The molecule has 1 amide bonds. The molecule has 3 rings (SSSR count). The zero-order valence-electron chi connectivity index (χ0n) is 12.9. The van der Waals surface area contributed by atoms with Crippen molar-refractivity contribution in [3.63, 3.8) is 0 Å². The van der Waals surface area contributed by atoms with Crippen LogP contribution in [0, 0.1) is 0 Å². The lowest BCUT2D eigenvalue weighted by Gasteiger charge is -2.05. The van der Waals surface area contributed by atoms with Gasteiger partial charge in [0.15, 0.2) is 6.61 Å². The van der Waals surface area contributed by atoms with Gasteiger partial charge in [-0.1, -0.05) is 41.4 Å². The van der Waals surface area contributed by atoms with Crippen molar-refractivity contribution >= 4 is 46.2 Å². The van der Waals surface area contributed by atoms with Gasteiger partial charge < -0.3 is 4.74 Å². The number of nitrogens with zero attached hydrogens (tertiary/aromatic N) is 2. The van der Waals surface area contributed by atoms with E-state index in [1.807, 2.05) is 30.3 Å². The number of carbonyl (C=O) groups is 1. The van der Waals surface area contributed by atoms with Gasteiger partial charge in [-0.2, -0.15) is 5.10 Å². The number of amides is 1. The zero-order valence-corrected chi connectivity index (χ0v) is 14.5. The van der Waals surface area contributed by atoms with Crippen LogP contribution in [0.3, 0.4) is 0 Å². The number of fused-ring (bicyclic) bond motifs is 1. The van der Waals surface area contributed by atoms with Crippen LogP contribution >= 0.6 is 23.2 Å². The molecule has 1 aromatic heterocycles. The first-order valence-corrected chi connectivity index (χ1v) is 8.13. The number of pyridine rings is 1. The first-order chi connectivity index (χ1) is 12.1. The predicted octanol–water partition coefficient (Wildman–Crippen LogP) is 4.07. The van der Waals surface area contributed by atoms with E-state index in [9.17, 15) is 4.79 Å². The second-order valence-corrected chi connectivity index (χ2v) is 5.89. The van der Waals surface area contributed by atoms with E-state index in [1.54, 1.807) is 24.3 Å². The van der Waals surface area contributed by atoms with Crippen molar-refractivity contribution in [2.75, 3.05) is 6.61 Å². The smallest absolute Gasteiger partial charge is 0.277 e. The van der Waals surface area contributed by atoms with Gasteiger partial charge in [-0.15, -0.1) is 0 Å². The van der Waals surface area contributed by atoms with Gasteiger partial charge in [-0.25, -0.2) is 10.4 Å². The van der Waals surface area contributed by atoms with Crippen LogP contribution in [0.2, 0.25) is 10.2 Å². The molecule has 1 N–H and O–H groups in total. The highest BCUT2D eigenvalue weighted by Crippen LogP contribution is 2.19. The quantitative estimate of drug-likeness (QED) is 0.416. The molecule has 0 unspecified atom stereocenters. The Hall–Kier alpha value is -2.63. The van der Waals surface area contributed by atoms with Crippen molar-refractivity contribution in [3.05, 3.63) is 70.3 Å². The fourth-order valence-corrected chi connectivity index (χ4v) is 2.41. The highest BCUT2D eigenvalue weighted by molar-refractivity contribution is 6.32. The molecule has 126 valence electrons. The van der Waals surface area contributed by atoms with Gasteiger partial charge in [0.25, 0.3) is 5.91 Å². The molecule has 0 fully saturated rings. The molecular formula is C18H13Cl2N3O2. The van der Waals surface area contributed by atoms with Crippen molar-refractivity contribution in [1.29, 1.82) is 0 Å². The lowest BCUT2D eigenvalue weighted by atomic mass is 10.2.